The maximum absolute atomic E-state index is 6.37. The molecule has 1 saturated heterocycles. The number of ether oxygens (including phenoxy) is 1. The van der Waals surface area contributed by atoms with Crippen molar-refractivity contribution in [3.05, 3.63) is 35.9 Å². The van der Waals surface area contributed by atoms with Gasteiger partial charge in [0.25, 0.3) is 0 Å². The highest BCUT2D eigenvalue weighted by Crippen LogP contribution is 2.32. The van der Waals surface area contributed by atoms with Gasteiger partial charge < -0.3 is 4.74 Å². The SMILES string of the molecule is CC1(Cl)CCOC(CCc2ccccc2)C1. The van der Waals surface area contributed by atoms with Crippen LogP contribution in [0.3, 0.4) is 0 Å². The average Bonchev–Trinajstić information content (AvgIpc) is 2.27. The van der Waals surface area contributed by atoms with E-state index in [9.17, 15) is 0 Å². The van der Waals surface area contributed by atoms with Crippen LogP contribution in [0.15, 0.2) is 30.3 Å². The van der Waals surface area contributed by atoms with E-state index in [0.29, 0.717) is 6.10 Å². The number of aryl methyl sites for hydroxylation is 1. The van der Waals surface area contributed by atoms with Crippen molar-refractivity contribution in [2.24, 2.45) is 0 Å². The molecule has 1 fully saturated rings. The highest BCUT2D eigenvalue weighted by molar-refractivity contribution is 6.23. The Morgan fingerprint density at radius 1 is 1.38 bits per heavy atom. The van der Waals surface area contributed by atoms with Crippen molar-refractivity contribution in [1.82, 2.24) is 0 Å². The van der Waals surface area contributed by atoms with E-state index in [4.69, 9.17) is 16.3 Å². The van der Waals surface area contributed by atoms with Crippen molar-refractivity contribution in [1.29, 1.82) is 0 Å². The second-order valence-corrected chi connectivity index (χ2v) is 5.80. The van der Waals surface area contributed by atoms with Crippen molar-refractivity contribution in [3.63, 3.8) is 0 Å². The molecule has 0 aliphatic carbocycles. The van der Waals surface area contributed by atoms with Gasteiger partial charge in [-0.2, -0.15) is 0 Å². The summed E-state index contributed by atoms with van der Waals surface area (Å²) in [5, 5.41) is 0. The Bertz CT molecular complexity index is 321. The summed E-state index contributed by atoms with van der Waals surface area (Å²) in [4.78, 5) is -0.0559. The number of rotatable bonds is 3. The van der Waals surface area contributed by atoms with Gasteiger partial charge in [-0.25, -0.2) is 0 Å². The third-order valence-electron chi connectivity index (χ3n) is 3.23. The highest BCUT2D eigenvalue weighted by Gasteiger charge is 2.30. The van der Waals surface area contributed by atoms with Crippen LogP contribution in [0.2, 0.25) is 0 Å². The van der Waals surface area contributed by atoms with Crippen LogP contribution in [0.25, 0.3) is 0 Å². The van der Waals surface area contributed by atoms with Crippen molar-refractivity contribution >= 4 is 11.6 Å². The molecule has 88 valence electrons. The molecule has 2 rings (SSSR count). The van der Waals surface area contributed by atoms with E-state index in [-0.39, 0.29) is 4.87 Å². The van der Waals surface area contributed by atoms with Crippen LogP contribution < -0.4 is 0 Å². The zero-order valence-corrected chi connectivity index (χ0v) is 10.5. The molecule has 0 bridgehead atoms. The second kappa shape index (κ2) is 5.20. The summed E-state index contributed by atoms with van der Waals surface area (Å²) in [6.45, 7) is 2.92. The molecule has 2 heteroatoms. The third-order valence-corrected chi connectivity index (χ3v) is 3.57. The van der Waals surface area contributed by atoms with Gasteiger partial charge in [-0.1, -0.05) is 30.3 Å². The molecule has 1 aromatic rings. The lowest BCUT2D eigenvalue weighted by atomic mass is 9.93. The Morgan fingerprint density at radius 2 is 2.12 bits per heavy atom. The van der Waals surface area contributed by atoms with Gasteiger partial charge in [-0.3, -0.25) is 0 Å². The molecular weight excluding hydrogens is 220 g/mol. The quantitative estimate of drug-likeness (QED) is 0.728. The lowest BCUT2D eigenvalue weighted by Gasteiger charge is -2.33. The molecule has 1 aromatic carbocycles. The molecule has 2 unspecified atom stereocenters. The molecule has 0 N–H and O–H groups in total. The lowest BCUT2D eigenvalue weighted by molar-refractivity contribution is -0.00219. The Kier molecular flexibility index (Phi) is 3.88. The standard InChI is InChI=1S/C14H19ClO/c1-14(15)9-10-16-13(11-14)8-7-12-5-3-2-4-6-12/h2-6,13H,7-11H2,1H3. The van der Waals surface area contributed by atoms with Crippen LogP contribution in [-0.4, -0.2) is 17.6 Å². The molecule has 1 heterocycles. The summed E-state index contributed by atoms with van der Waals surface area (Å²) in [5.74, 6) is 0. The van der Waals surface area contributed by atoms with E-state index >= 15 is 0 Å². The molecule has 2 atom stereocenters. The number of benzene rings is 1. The first-order valence-electron chi connectivity index (χ1n) is 6.00. The van der Waals surface area contributed by atoms with Gasteiger partial charge in [0, 0.05) is 11.5 Å². The summed E-state index contributed by atoms with van der Waals surface area (Å²) in [7, 11) is 0. The van der Waals surface area contributed by atoms with Crippen LogP contribution in [0.1, 0.15) is 31.7 Å². The fraction of sp³-hybridized carbons (Fsp3) is 0.571. The van der Waals surface area contributed by atoms with Crippen molar-refractivity contribution < 1.29 is 4.74 Å². The minimum Gasteiger partial charge on any atom is -0.378 e. The van der Waals surface area contributed by atoms with Crippen LogP contribution >= 0.6 is 11.6 Å². The molecule has 0 spiro atoms. The van der Waals surface area contributed by atoms with Gasteiger partial charge in [0.05, 0.1) is 6.10 Å². The van der Waals surface area contributed by atoms with E-state index < -0.39 is 0 Å². The monoisotopic (exact) mass is 238 g/mol. The molecular formula is C14H19ClO. The Balaban J connectivity index is 1.82. The minimum absolute atomic E-state index is 0.0559. The Hall–Kier alpha value is -0.530. The topological polar surface area (TPSA) is 9.23 Å². The third kappa shape index (κ3) is 3.50. The van der Waals surface area contributed by atoms with Gasteiger partial charge in [0.1, 0.15) is 0 Å². The van der Waals surface area contributed by atoms with E-state index in [2.05, 4.69) is 37.3 Å². The van der Waals surface area contributed by atoms with Crippen LogP contribution in [0.5, 0.6) is 0 Å². The number of hydrogen-bond acceptors (Lipinski definition) is 1. The second-order valence-electron chi connectivity index (χ2n) is 4.88. The normalized spacial score (nSPS) is 30.2. The largest absolute Gasteiger partial charge is 0.378 e. The zero-order valence-electron chi connectivity index (χ0n) is 9.79. The first-order valence-corrected chi connectivity index (χ1v) is 6.38. The molecule has 0 aromatic heterocycles. The molecule has 16 heavy (non-hydrogen) atoms. The van der Waals surface area contributed by atoms with E-state index in [1.165, 1.54) is 5.56 Å². The molecule has 0 saturated carbocycles. The first kappa shape index (κ1) is 11.9. The van der Waals surface area contributed by atoms with Gasteiger partial charge in [0.15, 0.2) is 0 Å². The molecule has 1 nitrogen and oxygen atoms in total. The zero-order chi connectivity index (χ0) is 11.4. The van der Waals surface area contributed by atoms with E-state index in [0.717, 1.165) is 32.3 Å². The predicted molar refractivity (Wildman–Crippen MR) is 68.0 cm³/mol. The highest BCUT2D eigenvalue weighted by atomic mass is 35.5. The maximum Gasteiger partial charge on any atom is 0.0595 e. The predicted octanol–water partition coefficient (Wildman–Crippen LogP) is 3.80. The average molecular weight is 239 g/mol. The van der Waals surface area contributed by atoms with E-state index in [1.54, 1.807) is 0 Å². The number of halogens is 1. The Morgan fingerprint density at radius 3 is 2.81 bits per heavy atom. The van der Waals surface area contributed by atoms with E-state index in [1.807, 2.05) is 0 Å². The van der Waals surface area contributed by atoms with Gasteiger partial charge in [-0.05, 0) is 38.2 Å². The summed E-state index contributed by atoms with van der Waals surface area (Å²) < 4.78 is 5.75. The number of hydrogen-bond donors (Lipinski definition) is 0. The first-order chi connectivity index (χ1) is 7.66. The van der Waals surface area contributed by atoms with Gasteiger partial charge in [0.2, 0.25) is 0 Å². The van der Waals surface area contributed by atoms with Gasteiger partial charge >= 0.3 is 0 Å². The molecule has 1 aliphatic rings. The fourth-order valence-corrected chi connectivity index (χ4v) is 2.48. The van der Waals surface area contributed by atoms with Crippen LogP contribution in [0.4, 0.5) is 0 Å². The summed E-state index contributed by atoms with van der Waals surface area (Å²) in [6, 6.07) is 10.6. The lowest BCUT2D eigenvalue weighted by Crippen LogP contribution is -2.34. The molecule has 1 aliphatic heterocycles. The summed E-state index contributed by atoms with van der Waals surface area (Å²) in [6.07, 6.45) is 4.43. The van der Waals surface area contributed by atoms with Crippen molar-refractivity contribution in [2.45, 2.75) is 43.6 Å². The fourth-order valence-electron chi connectivity index (χ4n) is 2.23. The Labute approximate surface area is 103 Å². The molecule has 0 radical (unpaired) electrons. The smallest absolute Gasteiger partial charge is 0.0595 e. The van der Waals surface area contributed by atoms with Gasteiger partial charge in [-0.15, -0.1) is 11.6 Å². The molecule has 0 amide bonds. The number of alkyl halides is 1. The summed E-state index contributed by atoms with van der Waals surface area (Å²) >= 11 is 6.37. The van der Waals surface area contributed by atoms with Crippen LogP contribution in [0, 0.1) is 0 Å². The van der Waals surface area contributed by atoms with Crippen molar-refractivity contribution in [2.75, 3.05) is 6.61 Å². The maximum atomic E-state index is 6.37. The minimum atomic E-state index is -0.0559. The van der Waals surface area contributed by atoms with Crippen LogP contribution in [-0.2, 0) is 11.2 Å². The summed E-state index contributed by atoms with van der Waals surface area (Å²) in [5.41, 5.74) is 1.38. The van der Waals surface area contributed by atoms with Crippen molar-refractivity contribution in [3.8, 4) is 0 Å².